The number of hydrogen-bond acceptors (Lipinski definition) is 3. The maximum Gasteiger partial charge on any atom is 0.0554 e. The van der Waals surface area contributed by atoms with Crippen LogP contribution in [0, 0.1) is 27.7 Å². The third-order valence-electron chi connectivity index (χ3n) is 10.1. The molecule has 0 aliphatic rings. The van der Waals surface area contributed by atoms with Crippen molar-refractivity contribution in [1.29, 1.82) is 0 Å². The van der Waals surface area contributed by atoms with Crippen molar-refractivity contribution >= 4 is 87.2 Å². The zero-order valence-corrected chi connectivity index (χ0v) is 30.1. The molecule has 51 heavy (non-hydrogen) atoms. The van der Waals surface area contributed by atoms with Crippen molar-refractivity contribution in [3.63, 3.8) is 0 Å². The first-order valence-electron chi connectivity index (χ1n) is 17.6. The van der Waals surface area contributed by atoms with Gasteiger partial charge in [-0.2, -0.15) is 0 Å². The van der Waals surface area contributed by atoms with E-state index in [0.29, 0.717) is 0 Å². The second kappa shape index (κ2) is 12.5. The lowest BCUT2D eigenvalue weighted by Crippen LogP contribution is -2.10. The molecule has 8 aromatic carbocycles. The van der Waals surface area contributed by atoms with Crippen LogP contribution in [0.4, 0.5) is 34.1 Å². The van der Waals surface area contributed by atoms with E-state index in [2.05, 4.69) is 195 Å². The molecule has 0 saturated heterocycles. The van der Waals surface area contributed by atoms with Gasteiger partial charge in [-0.3, -0.25) is 0 Å². The number of hydrogen-bond donors (Lipinski definition) is 0. The van der Waals surface area contributed by atoms with E-state index in [0.717, 1.165) is 22.7 Å². The lowest BCUT2D eigenvalue weighted by atomic mass is 9.96. The monoisotopic (exact) mass is 674 g/mol. The number of fused-ring (bicyclic) bond motifs is 7. The molecule has 0 N–H and O–H groups in total. The minimum Gasteiger partial charge on any atom is -0.310 e. The second-order valence-electron chi connectivity index (χ2n) is 13.7. The molecule has 0 bridgehead atoms. The van der Waals surface area contributed by atoms with Gasteiger partial charge in [0, 0.05) is 53.7 Å². The van der Waals surface area contributed by atoms with E-state index in [4.69, 9.17) is 0 Å². The fourth-order valence-electron chi connectivity index (χ4n) is 7.46. The Balaban J connectivity index is 1.35. The van der Waals surface area contributed by atoms with Crippen molar-refractivity contribution in [2.24, 2.45) is 0 Å². The molecule has 2 nitrogen and oxygen atoms in total. The van der Waals surface area contributed by atoms with Gasteiger partial charge in [-0.25, -0.2) is 0 Å². The number of benzene rings is 8. The highest BCUT2D eigenvalue weighted by Crippen LogP contribution is 2.50. The van der Waals surface area contributed by atoms with Crippen LogP contribution in [-0.4, -0.2) is 0 Å². The van der Waals surface area contributed by atoms with Crippen LogP contribution in [0.1, 0.15) is 22.3 Å². The second-order valence-corrected chi connectivity index (χ2v) is 14.8. The Kier molecular flexibility index (Phi) is 7.60. The van der Waals surface area contributed by atoms with E-state index in [1.165, 1.54) is 75.3 Å². The van der Waals surface area contributed by atoms with Crippen molar-refractivity contribution in [1.82, 2.24) is 0 Å². The largest absolute Gasteiger partial charge is 0.310 e. The number of aryl methyl sites for hydroxylation is 4. The van der Waals surface area contributed by atoms with Gasteiger partial charge in [0.1, 0.15) is 0 Å². The zero-order valence-electron chi connectivity index (χ0n) is 29.3. The molecule has 0 atom stereocenters. The summed E-state index contributed by atoms with van der Waals surface area (Å²) in [4.78, 5) is 4.84. The first-order chi connectivity index (χ1) is 24.9. The Bertz CT molecular complexity index is 2420. The third kappa shape index (κ3) is 5.42. The summed E-state index contributed by atoms with van der Waals surface area (Å²) in [6.45, 7) is 8.60. The van der Waals surface area contributed by atoms with Gasteiger partial charge in [0.25, 0.3) is 0 Å². The average molecular weight is 675 g/mol. The molecule has 0 radical (unpaired) electrons. The summed E-state index contributed by atoms with van der Waals surface area (Å²) < 4.78 is 2.56. The summed E-state index contributed by atoms with van der Waals surface area (Å²) in [5, 5.41) is 7.66. The van der Waals surface area contributed by atoms with E-state index < -0.39 is 0 Å². The van der Waals surface area contributed by atoms with Gasteiger partial charge < -0.3 is 9.80 Å². The van der Waals surface area contributed by atoms with Gasteiger partial charge in [-0.15, -0.1) is 11.3 Å². The lowest BCUT2D eigenvalue weighted by Gasteiger charge is -2.28. The molecule has 0 aliphatic carbocycles. The highest BCUT2D eigenvalue weighted by molar-refractivity contribution is 7.26. The molecule has 9 rings (SSSR count). The van der Waals surface area contributed by atoms with E-state index in [-0.39, 0.29) is 0 Å². The van der Waals surface area contributed by atoms with Crippen LogP contribution in [0.3, 0.4) is 0 Å². The highest BCUT2D eigenvalue weighted by Gasteiger charge is 2.23. The van der Waals surface area contributed by atoms with E-state index in [1.807, 2.05) is 11.3 Å². The minimum absolute atomic E-state index is 1.15. The van der Waals surface area contributed by atoms with Crippen LogP contribution >= 0.6 is 11.3 Å². The van der Waals surface area contributed by atoms with E-state index in [9.17, 15) is 0 Å². The molecule has 9 aromatic rings. The molecule has 0 amide bonds. The maximum atomic E-state index is 2.42. The van der Waals surface area contributed by atoms with E-state index >= 15 is 0 Å². The number of rotatable bonds is 6. The minimum atomic E-state index is 1.15. The summed E-state index contributed by atoms with van der Waals surface area (Å²) in [5.41, 5.74) is 12.0. The maximum absolute atomic E-state index is 2.42. The van der Waals surface area contributed by atoms with Crippen LogP contribution in [0.25, 0.3) is 41.7 Å². The third-order valence-corrected chi connectivity index (χ3v) is 11.2. The molecule has 1 heterocycles. The van der Waals surface area contributed by atoms with Crippen molar-refractivity contribution in [3.8, 4) is 0 Å². The summed E-state index contributed by atoms with van der Waals surface area (Å²) in [7, 11) is 0. The number of thiophene rings is 1. The molecule has 1 aromatic heterocycles. The fourth-order valence-corrected chi connectivity index (χ4v) is 8.66. The Labute approximate surface area is 303 Å². The average Bonchev–Trinajstić information content (AvgIpc) is 3.54. The van der Waals surface area contributed by atoms with Crippen LogP contribution in [-0.2, 0) is 0 Å². The Morgan fingerprint density at radius 1 is 0.333 bits per heavy atom. The summed E-state index contributed by atoms with van der Waals surface area (Å²) >= 11 is 1.89. The normalized spacial score (nSPS) is 11.5. The standard InChI is InChI=1S/C48H38N2S/c1-31-13-21-35(22-14-31)49(36-23-15-32(2)16-24-36)43-29-45-47(41-11-7-5-9-39(41)43)48-42-12-8-6-10-40(42)44(30-46(48)51-45)50(37-25-17-33(3)18-26-37)38-27-19-34(4)20-28-38/h5-30H,1-4H3. The predicted octanol–water partition coefficient (Wildman–Crippen LogP) is 14.5. The number of nitrogens with zero attached hydrogens (tertiary/aromatic N) is 2. The zero-order chi connectivity index (χ0) is 34.6. The SMILES string of the molecule is Cc1ccc(N(c2ccc(C)cc2)c2cc3sc4cc(N(c5ccc(C)cc5)c5ccc(C)cc5)c5ccccc5c4c3c3ccccc23)cc1. The quantitative estimate of drug-likeness (QED) is 0.173. The van der Waals surface area contributed by atoms with Crippen molar-refractivity contribution in [3.05, 3.63) is 180 Å². The lowest BCUT2D eigenvalue weighted by molar-refractivity contribution is 1.28. The van der Waals surface area contributed by atoms with Crippen LogP contribution < -0.4 is 9.80 Å². The van der Waals surface area contributed by atoms with Gasteiger partial charge in [-0.1, -0.05) is 119 Å². The molecule has 0 aliphatic heterocycles. The highest BCUT2D eigenvalue weighted by atomic mass is 32.1. The summed E-state index contributed by atoms with van der Waals surface area (Å²) in [5.74, 6) is 0. The summed E-state index contributed by atoms with van der Waals surface area (Å²) in [6, 6.07) is 58.3. The Morgan fingerprint density at radius 2 is 0.608 bits per heavy atom. The molecule has 246 valence electrons. The molecule has 0 fully saturated rings. The molecule has 0 saturated carbocycles. The first-order valence-corrected chi connectivity index (χ1v) is 18.4. The predicted molar refractivity (Wildman–Crippen MR) is 223 cm³/mol. The van der Waals surface area contributed by atoms with Gasteiger partial charge in [-0.05, 0) is 99.1 Å². The molecular formula is C48H38N2S. The van der Waals surface area contributed by atoms with E-state index in [1.54, 1.807) is 0 Å². The van der Waals surface area contributed by atoms with Crippen LogP contribution in [0.2, 0.25) is 0 Å². The van der Waals surface area contributed by atoms with Crippen molar-refractivity contribution in [2.45, 2.75) is 27.7 Å². The number of anilines is 6. The summed E-state index contributed by atoms with van der Waals surface area (Å²) in [6.07, 6.45) is 0. The smallest absolute Gasteiger partial charge is 0.0554 e. The van der Waals surface area contributed by atoms with Gasteiger partial charge >= 0.3 is 0 Å². The molecular weight excluding hydrogens is 637 g/mol. The molecule has 0 unspecified atom stereocenters. The fraction of sp³-hybridized carbons (Fsp3) is 0.0833. The van der Waals surface area contributed by atoms with Gasteiger partial charge in [0.2, 0.25) is 0 Å². The van der Waals surface area contributed by atoms with Crippen molar-refractivity contribution in [2.75, 3.05) is 9.80 Å². The topological polar surface area (TPSA) is 6.48 Å². The molecule has 3 heteroatoms. The van der Waals surface area contributed by atoms with Gasteiger partial charge in [0.15, 0.2) is 0 Å². The molecule has 0 spiro atoms. The first kappa shape index (κ1) is 31.1. The van der Waals surface area contributed by atoms with Crippen LogP contribution in [0.5, 0.6) is 0 Å². The van der Waals surface area contributed by atoms with Crippen LogP contribution in [0.15, 0.2) is 158 Å². The Morgan fingerprint density at radius 3 is 0.902 bits per heavy atom. The van der Waals surface area contributed by atoms with Crippen molar-refractivity contribution < 1.29 is 0 Å². The van der Waals surface area contributed by atoms with Gasteiger partial charge in [0.05, 0.1) is 11.4 Å². The Hall–Kier alpha value is -5.90.